The number of hydrogen-bond donors (Lipinski definition) is 2. The summed E-state index contributed by atoms with van der Waals surface area (Å²) in [5, 5.41) is 9.66. The topological polar surface area (TPSA) is 95.9 Å². The number of carboxylic acid groups (broad SMARTS) is 1. The molecule has 1 heterocycles. The van der Waals surface area contributed by atoms with Crippen molar-refractivity contribution in [2.45, 2.75) is 44.9 Å². The lowest BCUT2D eigenvalue weighted by Gasteiger charge is -2.35. The number of rotatable bonds is 7. The summed E-state index contributed by atoms with van der Waals surface area (Å²) in [7, 11) is -3.24. The van der Waals surface area contributed by atoms with Gasteiger partial charge in [0.1, 0.15) is 11.8 Å². The third kappa shape index (κ3) is 5.98. The molecule has 0 bridgehead atoms. The van der Waals surface area contributed by atoms with Crippen LogP contribution < -0.4 is 9.46 Å². The first-order chi connectivity index (χ1) is 11.7. The molecule has 0 saturated carbocycles. The van der Waals surface area contributed by atoms with Gasteiger partial charge in [-0.1, -0.05) is 12.1 Å². The molecule has 25 heavy (non-hydrogen) atoms. The van der Waals surface area contributed by atoms with E-state index in [9.17, 15) is 18.3 Å². The van der Waals surface area contributed by atoms with Crippen molar-refractivity contribution in [3.05, 3.63) is 29.8 Å². The van der Waals surface area contributed by atoms with Gasteiger partial charge in [0.25, 0.3) is 0 Å². The molecule has 2 rings (SSSR count). The molecule has 1 aliphatic rings. The molecule has 1 aromatic rings. The Morgan fingerprint density at radius 1 is 1.24 bits per heavy atom. The van der Waals surface area contributed by atoms with Crippen LogP contribution in [0.3, 0.4) is 0 Å². The maximum absolute atomic E-state index is 11.8. The summed E-state index contributed by atoms with van der Waals surface area (Å²) in [6.07, 6.45) is 2.37. The third-order valence-corrected chi connectivity index (χ3v) is 4.84. The number of sulfonamides is 1. The number of aliphatic carboxylic acids is 1. The van der Waals surface area contributed by atoms with Gasteiger partial charge in [0, 0.05) is 19.1 Å². The molecule has 2 N–H and O–H groups in total. The lowest BCUT2D eigenvalue weighted by Crippen LogP contribution is -2.46. The van der Waals surface area contributed by atoms with Crippen LogP contribution >= 0.6 is 0 Å². The van der Waals surface area contributed by atoms with Crippen molar-refractivity contribution < 1.29 is 23.1 Å². The Labute approximate surface area is 149 Å². The number of piperidine rings is 1. The second kappa shape index (κ2) is 8.16. The summed E-state index contributed by atoms with van der Waals surface area (Å²) in [5.41, 5.74) is 0.693. The second-order valence-electron chi connectivity index (χ2n) is 6.68. The molecule has 140 valence electrons. The molecule has 1 saturated heterocycles. The van der Waals surface area contributed by atoms with Crippen LogP contribution in [-0.2, 0) is 14.8 Å². The summed E-state index contributed by atoms with van der Waals surface area (Å²) in [5.74, 6) is -0.203. The van der Waals surface area contributed by atoms with E-state index in [-0.39, 0.29) is 12.1 Å². The smallest absolute Gasteiger partial charge is 0.325 e. The molecule has 0 aliphatic carbocycles. The summed E-state index contributed by atoms with van der Waals surface area (Å²) in [6.45, 7) is 4.91. The van der Waals surface area contributed by atoms with E-state index in [1.54, 1.807) is 24.3 Å². The highest BCUT2D eigenvalue weighted by Crippen LogP contribution is 2.27. The predicted molar refractivity (Wildman–Crippen MR) is 95.2 cm³/mol. The average Bonchev–Trinajstić information content (AvgIpc) is 2.48. The van der Waals surface area contributed by atoms with E-state index in [0.717, 1.165) is 6.26 Å². The predicted octanol–water partition coefficient (Wildman–Crippen LogP) is 1.61. The first kappa shape index (κ1) is 19.7. The molecule has 7 nitrogen and oxygen atoms in total. The molecule has 0 amide bonds. The van der Waals surface area contributed by atoms with Gasteiger partial charge >= 0.3 is 5.97 Å². The lowest BCUT2D eigenvalue weighted by atomic mass is 9.99. The number of nitrogens with zero attached hydrogens (tertiary/aromatic N) is 1. The Morgan fingerprint density at radius 3 is 2.24 bits per heavy atom. The molecular formula is C17H26N2O5S. The Balaban J connectivity index is 2.05. The number of hydrogen-bond acceptors (Lipinski definition) is 5. The van der Waals surface area contributed by atoms with Crippen LogP contribution in [0.1, 0.15) is 38.3 Å². The summed E-state index contributed by atoms with van der Waals surface area (Å²) in [4.78, 5) is 13.7. The van der Waals surface area contributed by atoms with Crippen molar-refractivity contribution in [3.63, 3.8) is 0 Å². The normalized spacial score (nSPS) is 18.2. The van der Waals surface area contributed by atoms with E-state index >= 15 is 0 Å². The molecule has 0 aromatic heterocycles. The molecular weight excluding hydrogens is 344 g/mol. The number of likely N-dealkylation sites (tertiary alicyclic amines) is 1. The Morgan fingerprint density at radius 2 is 1.80 bits per heavy atom. The van der Waals surface area contributed by atoms with Gasteiger partial charge in [-0.3, -0.25) is 9.69 Å². The molecule has 8 heteroatoms. The maximum Gasteiger partial charge on any atom is 0.325 e. The minimum absolute atomic E-state index is 0.0579. The second-order valence-corrected chi connectivity index (χ2v) is 8.46. The Hall–Kier alpha value is -1.64. The largest absolute Gasteiger partial charge is 0.491 e. The maximum atomic E-state index is 11.8. The minimum Gasteiger partial charge on any atom is -0.491 e. The number of benzene rings is 1. The Bertz CT molecular complexity index is 679. The van der Waals surface area contributed by atoms with Gasteiger partial charge in [-0.2, -0.15) is 0 Å². The zero-order valence-electron chi connectivity index (χ0n) is 14.8. The first-order valence-corrected chi connectivity index (χ1v) is 10.3. The van der Waals surface area contributed by atoms with E-state index in [0.29, 0.717) is 37.2 Å². The summed E-state index contributed by atoms with van der Waals surface area (Å²) >= 11 is 0. The Kier molecular flexibility index (Phi) is 6.42. The minimum atomic E-state index is -3.24. The van der Waals surface area contributed by atoms with Crippen molar-refractivity contribution in [2.24, 2.45) is 0 Å². The molecule has 1 atom stereocenters. The quantitative estimate of drug-likeness (QED) is 0.757. The SMILES string of the molecule is CC(C)Oc1ccc(C(C(=O)O)N2CCC(NS(C)(=O)=O)CC2)cc1. The van der Waals surface area contributed by atoms with Crippen LogP contribution in [0.25, 0.3) is 0 Å². The fourth-order valence-electron chi connectivity index (χ4n) is 3.09. The van der Waals surface area contributed by atoms with Crippen LogP contribution in [-0.4, -0.2) is 55.9 Å². The van der Waals surface area contributed by atoms with Gasteiger partial charge < -0.3 is 9.84 Å². The van der Waals surface area contributed by atoms with Gasteiger partial charge in [-0.15, -0.1) is 0 Å². The van der Waals surface area contributed by atoms with Crippen LogP contribution in [0.2, 0.25) is 0 Å². The standard InChI is InChI=1S/C17H26N2O5S/c1-12(2)24-15-6-4-13(5-7-15)16(17(20)21)19-10-8-14(9-11-19)18-25(3,22)23/h4-7,12,14,16,18H,8-11H2,1-3H3,(H,20,21). The number of nitrogens with one attached hydrogen (secondary N) is 1. The average molecular weight is 370 g/mol. The third-order valence-electron chi connectivity index (χ3n) is 4.08. The van der Waals surface area contributed by atoms with Crippen molar-refractivity contribution in [2.75, 3.05) is 19.3 Å². The van der Waals surface area contributed by atoms with E-state index in [1.165, 1.54) is 0 Å². The molecule has 0 radical (unpaired) electrons. The van der Waals surface area contributed by atoms with Crippen LogP contribution in [0.15, 0.2) is 24.3 Å². The van der Waals surface area contributed by atoms with Gasteiger partial charge in [0.05, 0.1) is 12.4 Å². The van der Waals surface area contributed by atoms with Crippen molar-refractivity contribution in [1.29, 1.82) is 0 Å². The molecule has 1 aliphatic heterocycles. The van der Waals surface area contributed by atoms with Crippen molar-refractivity contribution in [1.82, 2.24) is 9.62 Å². The van der Waals surface area contributed by atoms with E-state index < -0.39 is 22.0 Å². The summed E-state index contributed by atoms with van der Waals surface area (Å²) in [6, 6.07) is 6.23. The number of carbonyl (C=O) groups is 1. The highest BCUT2D eigenvalue weighted by atomic mass is 32.2. The molecule has 1 unspecified atom stereocenters. The van der Waals surface area contributed by atoms with E-state index in [4.69, 9.17) is 4.74 Å². The molecule has 1 fully saturated rings. The van der Waals surface area contributed by atoms with Gasteiger partial charge in [-0.25, -0.2) is 13.1 Å². The fourth-order valence-corrected chi connectivity index (χ4v) is 3.93. The highest BCUT2D eigenvalue weighted by molar-refractivity contribution is 7.88. The first-order valence-electron chi connectivity index (χ1n) is 8.36. The van der Waals surface area contributed by atoms with Gasteiger partial charge in [0.15, 0.2) is 0 Å². The monoisotopic (exact) mass is 370 g/mol. The van der Waals surface area contributed by atoms with Crippen LogP contribution in [0, 0.1) is 0 Å². The molecule has 0 spiro atoms. The summed E-state index contributed by atoms with van der Waals surface area (Å²) < 4.78 is 30.8. The van der Waals surface area contributed by atoms with E-state index in [2.05, 4.69) is 4.72 Å². The van der Waals surface area contributed by atoms with Crippen molar-refractivity contribution in [3.8, 4) is 5.75 Å². The number of ether oxygens (including phenoxy) is 1. The van der Waals surface area contributed by atoms with E-state index in [1.807, 2.05) is 18.7 Å². The van der Waals surface area contributed by atoms with Crippen LogP contribution in [0.4, 0.5) is 0 Å². The van der Waals surface area contributed by atoms with Gasteiger partial charge in [0.2, 0.25) is 10.0 Å². The lowest BCUT2D eigenvalue weighted by molar-refractivity contribution is -0.144. The number of carboxylic acids is 1. The van der Waals surface area contributed by atoms with Gasteiger partial charge in [-0.05, 0) is 44.4 Å². The zero-order chi connectivity index (χ0) is 18.6. The fraction of sp³-hybridized carbons (Fsp3) is 0.588. The highest BCUT2D eigenvalue weighted by Gasteiger charge is 2.31. The van der Waals surface area contributed by atoms with Crippen molar-refractivity contribution >= 4 is 16.0 Å². The zero-order valence-corrected chi connectivity index (χ0v) is 15.6. The molecule has 1 aromatic carbocycles. The van der Waals surface area contributed by atoms with Crippen LogP contribution in [0.5, 0.6) is 5.75 Å².